The zero-order valence-corrected chi connectivity index (χ0v) is 18.8. The Morgan fingerprint density at radius 3 is 2.50 bits per heavy atom. The van der Waals surface area contributed by atoms with Crippen LogP contribution < -0.4 is 0 Å². The molecule has 170 valence electrons. The average Bonchev–Trinajstić information content (AvgIpc) is 3.45. The van der Waals surface area contributed by atoms with Gasteiger partial charge in [0.1, 0.15) is 0 Å². The Morgan fingerprint density at radius 1 is 0.971 bits per heavy atom. The maximum atomic E-state index is 11.1. The monoisotopic (exact) mass is 452 g/mol. The van der Waals surface area contributed by atoms with Gasteiger partial charge in [0.25, 0.3) is 5.89 Å². The van der Waals surface area contributed by atoms with Crippen LogP contribution in [0.25, 0.3) is 34.0 Å². The Hall–Kier alpha value is -3.84. The first-order valence-electron chi connectivity index (χ1n) is 11.5. The number of rotatable bonds is 5. The second kappa shape index (κ2) is 8.18. The highest BCUT2D eigenvalue weighted by Crippen LogP contribution is 2.38. The van der Waals surface area contributed by atoms with E-state index in [1.165, 1.54) is 11.1 Å². The average molecular weight is 453 g/mol. The van der Waals surface area contributed by atoms with Gasteiger partial charge in [-0.15, -0.1) is 0 Å². The summed E-state index contributed by atoms with van der Waals surface area (Å²) in [5.41, 5.74) is 7.75. The number of hydrogen-bond donors (Lipinski definition) is 1. The van der Waals surface area contributed by atoms with Crippen molar-refractivity contribution >= 4 is 5.97 Å². The van der Waals surface area contributed by atoms with E-state index in [9.17, 15) is 4.79 Å². The molecule has 7 heteroatoms. The number of aromatic nitrogens is 3. The van der Waals surface area contributed by atoms with Crippen molar-refractivity contribution in [3.8, 4) is 34.0 Å². The van der Waals surface area contributed by atoms with E-state index in [-0.39, 0.29) is 5.92 Å². The van der Waals surface area contributed by atoms with Crippen LogP contribution in [0.1, 0.15) is 29.5 Å². The van der Waals surface area contributed by atoms with E-state index in [2.05, 4.69) is 51.2 Å². The third kappa shape index (κ3) is 3.68. The minimum atomic E-state index is -0.676. The van der Waals surface area contributed by atoms with Crippen molar-refractivity contribution in [2.45, 2.75) is 38.9 Å². The Labute approximate surface area is 197 Å². The molecule has 0 amide bonds. The molecule has 2 aromatic carbocycles. The Balaban J connectivity index is 1.19. The SMILES string of the molecule is Cc1cc(-c2nc(-c3ccc4c(c3)CN(C3CC(C(=O)O)C3)C4)no2)ccc1-c1ccncc1. The van der Waals surface area contributed by atoms with Crippen LogP contribution >= 0.6 is 0 Å². The highest BCUT2D eigenvalue weighted by Gasteiger charge is 2.39. The highest BCUT2D eigenvalue weighted by molar-refractivity contribution is 5.72. The van der Waals surface area contributed by atoms with Gasteiger partial charge in [-0.3, -0.25) is 14.7 Å². The molecule has 0 spiro atoms. The summed E-state index contributed by atoms with van der Waals surface area (Å²) in [5, 5.41) is 13.4. The summed E-state index contributed by atoms with van der Waals surface area (Å²) in [6.45, 7) is 3.78. The number of pyridine rings is 1. The van der Waals surface area contributed by atoms with Crippen molar-refractivity contribution in [2.24, 2.45) is 5.92 Å². The lowest BCUT2D eigenvalue weighted by Crippen LogP contribution is -2.44. The van der Waals surface area contributed by atoms with Crippen LogP contribution in [0, 0.1) is 12.8 Å². The van der Waals surface area contributed by atoms with Gasteiger partial charge in [-0.2, -0.15) is 4.98 Å². The standard InChI is InChI=1S/C27H24N4O3/c1-16-10-19(4-5-24(16)17-6-8-28-9-7-17)26-29-25(30-34-26)18-2-3-20-14-31(15-22(20)11-18)23-12-21(13-23)27(32)33/h2-11,21,23H,12-15H2,1H3,(H,32,33). The smallest absolute Gasteiger partial charge is 0.306 e. The number of aryl methyl sites for hydroxylation is 1. The molecule has 1 saturated carbocycles. The minimum Gasteiger partial charge on any atom is -0.481 e. The summed E-state index contributed by atoms with van der Waals surface area (Å²) in [4.78, 5) is 22.3. The van der Waals surface area contributed by atoms with Gasteiger partial charge in [0, 0.05) is 42.7 Å². The maximum Gasteiger partial charge on any atom is 0.306 e. The number of carboxylic acids is 1. The van der Waals surface area contributed by atoms with Gasteiger partial charge in [0.15, 0.2) is 0 Å². The van der Waals surface area contributed by atoms with Crippen LogP contribution in [0.15, 0.2) is 65.4 Å². The lowest BCUT2D eigenvalue weighted by atomic mass is 9.79. The molecular formula is C27H24N4O3. The Kier molecular flexibility index (Phi) is 4.99. The summed E-state index contributed by atoms with van der Waals surface area (Å²) in [5.74, 6) is 0.201. The van der Waals surface area contributed by atoms with Crippen molar-refractivity contribution in [1.82, 2.24) is 20.0 Å². The largest absolute Gasteiger partial charge is 0.481 e. The van der Waals surface area contributed by atoms with E-state index in [0.717, 1.165) is 53.7 Å². The van der Waals surface area contributed by atoms with Crippen LogP contribution in [0.5, 0.6) is 0 Å². The summed E-state index contributed by atoms with van der Waals surface area (Å²) >= 11 is 0. The third-order valence-corrected chi connectivity index (χ3v) is 7.08. The molecule has 4 aromatic rings. The number of nitrogens with zero attached hydrogens (tertiary/aromatic N) is 4. The second-order valence-electron chi connectivity index (χ2n) is 9.24. The summed E-state index contributed by atoms with van der Waals surface area (Å²) in [7, 11) is 0. The molecule has 2 aliphatic rings. The van der Waals surface area contributed by atoms with Gasteiger partial charge in [0.05, 0.1) is 5.92 Å². The van der Waals surface area contributed by atoms with E-state index in [4.69, 9.17) is 9.63 Å². The van der Waals surface area contributed by atoms with Crippen LogP contribution in [0.2, 0.25) is 0 Å². The number of benzene rings is 2. The molecule has 0 bridgehead atoms. The number of fused-ring (bicyclic) bond motifs is 1. The van der Waals surface area contributed by atoms with Gasteiger partial charge < -0.3 is 9.63 Å². The summed E-state index contributed by atoms with van der Waals surface area (Å²) in [6, 6.07) is 16.8. The zero-order valence-electron chi connectivity index (χ0n) is 18.8. The Bertz CT molecular complexity index is 1380. The van der Waals surface area contributed by atoms with Crippen molar-refractivity contribution in [2.75, 3.05) is 0 Å². The molecule has 6 rings (SSSR count). The molecule has 1 N–H and O–H groups in total. The van der Waals surface area contributed by atoms with E-state index < -0.39 is 5.97 Å². The molecule has 3 heterocycles. The fourth-order valence-corrected chi connectivity index (χ4v) is 5.02. The van der Waals surface area contributed by atoms with Gasteiger partial charge in [-0.05, 0) is 77.9 Å². The van der Waals surface area contributed by atoms with Crippen molar-refractivity contribution < 1.29 is 14.4 Å². The molecule has 1 aliphatic carbocycles. The van der Waals surface area contributed by atoms with Crippen LogP contribution in [-0.4, -0.2) is 37.1 Å². The number of carboxylic acid groups (broad SMARTS) is 1. The van der Waals surface area contributed by atoms with Gasteiger partial charge >= 0.3 is 5.97 Å². The van der Waals surface area contributed by atoms with E-state index in [1.54, 1.807) is 12.4 Å². The molecule has 0 atom stereocenters. The first kappa shape index (κ1) is 20.7. The van der Waals surface area contributed by atoms with Crippen LogP contribution in [-0.2, 0) is 17.9 Å². The second-order valence-corrected chi connectivity index (χ2v) is 9.24. The predicted octanol–water partition coefficient (Wildman–Crippen LogP) is 4.95. The lowest BCUT2D eigenvalue weighted by molar-refractivity contribution is -0.147. The van der Waals surface area contributed by atoms with E-state index in [0.29, 0.717) is 17.8 Å². The maximum absolute atomic E-state index is 11.1. The number of carbonyl (C=O) groups is 1. The fourth-order valence-electron chi connectivity index (χ4n) is 5.02. The zero-order chi connectivity index (χ0) is 23.2. The molecule has 0 radical (unpaired) electrons. The first-order chi connectivity index (χ1) is 16.5. The van der Waals surface area contributed by atoms with Crippen LogP contribution in [0.3, 0.4) is 0 Å². The van der Waals surface area contributed by atoms with Crippen LogP contribution in [0.4, 0.5) is 0 Å². The Morgan fingerprint density at radius 2 is 1.74 bits per heavy atom. The molecule has 34 heavy (non-hydrogen) atoms. The van der Waals surface area contributed by atoms with Crippen molar-refractivity contribution in [1.29, 1.82) is 0 Å². The van der Waals surface area contributed by atoms with E-state index >= 15 is 0 Å². The number of hydrogen-bond acceptors (Lipinski definition) is 6. The minimum absolute atomic E-state index is 0.190. The number of aliphatic carboxylic acids is 1. The van der Waals surface area contributed by atoms with Crippen molar-refractivity contribution in [3.05, 3.63) is 77.6 Å². The molecule has 1 fully saturated rings. The summed E-state index contributed by atoms with van der Waals surface area (Å²) < 4.78 is 5.61. The highest BCUT2D eigenvalue weighted by atomic mass is 16.5. The predicted molar refractivity (Wildman–Crippen MR) is 127 cm³/mol. The topological polar surface area (TPSA) is 92.4 Å². The van der Waals surface area contributed by atoms with Gasteiger partial charge in [-0.1, -0.05) is 23.4 Å². The molecule has 0 saturated heterocycles. The first-order valence-corrected chi connectivity index (χ1v) is 11.5. The molecule has 0 unspecified atom stereocenters. The van der Waals surface area contributed by atoms with E-state index in [1.807, 2.05) is 24.3 Å². The fraction of sp³-hybridized carbons (Fsp3) is 0.259. The molecule has 2 aromatic heterocycles. The quantitative estimate of drug-likeness (QED) is 0.458. The molecular weight excluding hydrogens is 428 g/mol. The summed E-state index contributed by atoms with van der Waals surface area (Å²) in [6.07, 6.45) is 5.07. The van der Waals surface area contributed by atoms with Gasteiger partial charge in [0.2, 0.25) is 5.82 Å². The molecule has 1 aliphatic heterocycles. The van der Waals surface area contributed by atoms with Crippen molar-refractivity contribution in [3.63, 3.8) is 0 Å². The lowest BCUT2D eigenvalue weighted by Gasteiger charge is -2.39. The molecule has 7 nitrogen and oxygen atoms in total. The third-order valence-electron chi connectivity index (χ3n) is 7.08. The van der Waals surface area contributed by atoms with Gasteiger partial charge in [-0.25, -0.2) is 0 Å². The normalized spacial score (nSPS) is 19.6.